The van der Waals surface area contributed by atoms with Gasteiger partial charge in [-0.05, 0) is 43.8 Å². The fourth-order valence-electron chi connectivity index (χ4n) is 2.66. The summed E-state index contributed by atoms with van der Waals surface area (Å²) >= 11 is 1.86. The number of aromatic nitrogens is 2. The summed E-state index contributed by atoms with van der Waals surface area (Å²) < 4.78 is 5.51. The maximum absolute atomic E-state index is 6.01. The summed E-state index contributed by atoms with van der Waals surface area (Å²) in [6.45, 7) is 5.10. The van der Waals surface area contributed by atoms with Crippen molar-refractivity contribution in [3.05, 3.63) is 11.7 Å². The van der Waals surface area contributed by atoms with Crippen molar-refractivity contribution in [2.75, 3.05) is 12.3 Å². The van der Waals surface area contributed by atoms with Crippen molar-refractivity contribution in [1.29, 1.82) is 0 Å². The zero-order valence-corrected chi connectivity index (χ0v) is 12.8. The van der Waals surface area contributed by atoms with Gasteiger partial charge in [-0.1, -0.05) is 19.0 Å². The van der Waals surface area contributed by atoms with E-state index >= 15 is 0 Å². The summed E-state index contributed by atoms with van der Waals surface area (Å²) in [5, 5.41) is 4.11. The molecule has 2 N–H and O–H groups in total. The second-order valence-corrected chi connectivity index (χ2v) is 6.84. The normalized spacial score (nSPS) is 27.6. The molecule has 5 heteroatoms. The fraction of sp³-hybridized carbons (Fsp3) is 0.857. The molecule has 0 spiro atoms. The van der Waals surface area contributed by atoms with Gasteiger partial charge in [0.1, 0.15) is 0 Å². The number of rotatable bonds is 6. The minimum Gasteiger partial charge on any atom is -0.339 e. The van der Waals surface area contributed by atoms with Gasteiger partial charge in [-0.3, -0.25) is 0 Å². The van der Waals surface area contributed by atoms with E-state index in [-0.39, 0.29) is 5.41 Å². The van der Waals surface area contributed by atoms with Crippen molar-refractivity contribution in [3.63, 3.8) is 0 Å². The van der Waals surface area contributed by atoms with Crippen LogP contribution in [0.4, 0.5) is 0 Å². The van der Waals surface area contributed by atoms with Gasteiger partial charge < -0.3 is 10.3 Å². The Morgan fingerprint density at radius 1 is 1.42 bits per heavy atom. The van der Waals surface area contributed by atoms with Crippen LogP contribution in [-0.4, -0.2) is 22.4 Å². The lowest BCUT2D eigenvalue weighted by atomic mass is 9.71. The third-order valence-electron chi connectivity index (χ3n) is 4.12. The predicted molar refractivity (Wildman–Crippen MR) is 79.1 cm³/mol. The minimum atomic E-state index is -0.0623. The van der Waals surface area contributed by atoms with Crippen molar-refractivity contribution in [3.8, 4) is 0 Å². The van der Waals surface area contributed by atoms with Crippen molar-refractivity contribution in [1.82, 2.24) is 10.1 Å². The molecule has 1 aromatic heterocycles. The van der Waals surface area contributed by atoms with Gasteiger partial charge >= 0.3 is 0 Å². The Bertz CT molecular complexity index is 386. The molecule has 1 saturated carbocycles. The van der Waals surface area contributed by atoms with Crippen molar-refractivity contribution in [2.45, 2.75) is 57.1 Å². The molecule has 0 atom stereocenters. The molecule has 1 aromatic rings. The highest BCUT2D eigenvalue weighted by Gasteiger charge is 2.39. The Morgan fingerprint density at radius 2 is 2.16 bits per heavy atom. The van der Waals surface area contributed by atoms with Crippen LogP contribution < -0.4 is 5.73 Å². The van der Waals surface area contributed by atoms with Gasteiger partial charge in [0, 0.05) is 6.54 Å². The molecule has 0 aromatic carbocycles. The first-order chi connectivity index (χ1) is 9.20. The SMILES string of the molecule is CCCSCc1noc(C2(CN)CCC(C)CC2)n1. The Morgan fingerprint density at radius 3 is 2.79 bits per heavy atom. The van der Waals surface area contributed by atoms with Gasteiger partial charge in [-0.2, -0.15) is 16.7 Å². The monoisotopic (exact) mass is 283 g/mol. The smallest absolute Gasteiger partial charge is 0.234 e. The summed E-state index contributed by atoms with van der Waals surface area (Å²) in [5.74, 6) is 4.37. The highest BCUT2D eigenvalue weighted by molar-refractivity contribution is 7.98. The van der Waals surface area contributed by atoms with Crippen LogP contribution in [0.1, 0.15) is 57.7 Å². The molecule has 0 unspecified atom stereocenters. The average molecular weight is 283 g/mol. The molecule has 0 bridgehead atoms. The van der Waals surface area contributed by atoms with E-state index in [4.69, 9.17) is 10.3 Å². The molecular formula is C14H25N3OS. The maximum atomic E-state index is 6.01. The van der Waals surface area contributed by atoms with Crippen molar-refractivity contribution < 1.29 is 4.52 Å². The third kappa shape index (κ3) is 3.51. The van der Waals surface area contributed by atoms with E-state index in [0.717, 1.165) is 42.0 Å². The van der Waals surface area contributed by atoms with Crippen LogP contribution in [0.3, 0.4) is 0 Å². The number of nitrogens with zero attached hydrogens (tertiary/aromatic N) is 2. The van der Waals surface area contributed by atoms with E-state index < -0.39 is 0 Å². The van der Waals surface area contributed by atoms with Gasteiger partial charge in [-0.25, -0.2) is 0 Å². The molecular weight excluding hydrogens is 258 g/mol. The number of thioether (sulfide) groups is 1. The molecule has 1 fully saturated rings. The summed E-state index contributed by atoms with van der Waals surface area (Å²) in [4.78, 5) is 4.60. The van der Waals surface area contributed by atoms with Gasteiger partial charge in [0.25, 0.3) is 0 Å². The van der Waals surface area contributed by atoms with E-state index in [0.29, 0.717) is 6.54 Å². The van der Waals surface area contributed by atoms with Crippen molar-refractivity contribution in [2.24, 2.45) is 11.7 Å². The fourth-order valence-corrected chi connectivity index (χ4v) is 3.39. The standard InChI is InChI=1S/C14H25N3OS/c1-3-8-19-9-12-16-13(18-17-12)14(10-15)6-4-11(2)5-7-14/h11H,3-10,15H2,1-2H3. The quantitative estimate of drug-likeness (QED) is 0.813. The van der Waals surface area contributed by atoms with Crippen LogP contribution in [0.5, 0.6) is 0 Å². The predicted octanol–water partition coefficient (Wildman–Crippen LogP) is 3.12. The Balaban J connectivity index is 2.02. The molecule has 1 aliphatic carbocycles. The first-order valence-electron chi connectivity index (χ1n) is 7.31. The lowest BCUT2D eigenvalue weighted by Crippen LogP contribution is -2.39. The Labute approximate surface area is 119 Å². The second-order valence-electron chi connectivity index (χ2n) is 5.74. The highest BCUT2D eigenvalue weighted by atomic mass is 32.2. The highest BCUT2D eigenvalue weighted by Crippen LogP contribution is 2.40. The molecule has 0 amide bonds. The van der Waals surface area contributed by atoms with Crippen LogP contribution in [0, 0.1) is 5.92 Å². The van der Waals surface area contributed by atoms with E-state index in [1.807, 2.05) is 11.8 Å². The minimum absolute atomic E-state index is 0.0623. The van der Waals surface area contributed by atoms with E-state index in [2.05, 4.69) is 24.0 Å². The average Bonchev–Trinajstić information content (AvgIpc) is 2.90. The molecule has 0 saturated heterocycles. The lowest BCUT2D eigenvalue weighted by molar-refractivity contribution is 0.191. The first kappa shape index (κ1) is 14.9. The van der Waals surface area contributed by atoms with Gasteiger partial charge in [-0.15, -0.1) is 0 Å². The zero-order valence-electron chi connectivity index (χ0n) is 12.0. The molecule has 0 aliphatic heterocycles. The zero-order chi connectivity index (χ0) is 13.7. The molecule has 0 radical (unpaired) electrons. The van der Waals surface area contributed by atoms with E-state index in [1.165, 1.54) is 19.3 Å². The molecule has 1 heterocycles. The largest absolute Gasteiger partial charge is 0.339 e. The molecule has 19 heavy (non-hydrogen) atoms. The van der Waals surface area contributed by atoms with Gasteiger partial charge in [0.15, 0.2) is 5.82 Å². The van der Waals surface area contributed by atoms with Crippen molar-refractivity contribution >= 4 is 11.8 Å². The van der Waals surface area contributed by atoms with Crippen LogP contribution in [0.15, 0.2) is 4.52 Å². The van der Waals surface area contributed by atoms with E-state index in [9.17, 15) is 0 Å². The number of nitrogens with two attached hydrogens (primary N) is 1. The maximum Gasteiger partial charge on any atom is 0.234 e. The number of hydrogen-bond donors (Lipinski definition) is 1. The lowest BCUT2D eigenvalue weighted by Gasteiger charge is -2.35. The number of hydrogen-bond acceptors (Lipinski definition) is 5. The van der Waals surface area contributed by atoms with E-state index in [1.54, 1.807) is 0 Å². The molecule has 2 rings (SSSR count). The molecule has 1 aliphatic rings. The van der Waals surface area contributed by atoms with Gasteiger partial charge in [0.05, 0.1) is 11.2 Å². The summed E-state index contributed by atoms with van der Waals surface area (Å²) in [6, 6.07) is 0. The third-order valence-corrected chi connectivity index (χ3v) is 5.28. The van der Waals surface area contributed by atoms with Crippen LogP contribution >= 0.6 is 11.8 Å². The van der Waals surface area contributed by atoms with Crippen LogP contribution in [-0.2, 0) is 11.2 Å². The molecule has 108 valence electrons. The Kier molecular flexibility index (Phi) is 5.28. The van der Waals surface area contributed by atoms with Crippen LogP contribution in [0.2, 0.25) is 0 Å². The van der Waals surface area contributed by atoms with Gasteiger partial charge in [0.2, 0.25) is 5.89 Å². The summed E-state index contributed by atoms with van der Waals surface area (Å²) in [6.07, 6.45) is 5.75. The van der Waals surface area contributed by atoms with Crippen LogP contribution in [0.25, 0.3) is 0 Å². The second kappa shape index (κ2) is 6.75. The first-order valence-corrected chi connectivity index (χ1v) is 8.46. The summed E-state index contributed by atoms with van der Waals surface area (Å²) in [7, 11) is 0. The topological polar surface area (TPSA) is 64.9 Å². The summed E-state index contributed by atoms with van der Waals surface area (Å²) in [5.41, 5.74) is 5.95. The molecule has 4 nitrogen and oxygen atoms in total. The Hall–Kier alpha value is -0.550.